The minimum absolute atomic E-state index is 0.00796. The van der Waals surface area contributed by atoms with Gasteiger partial charge in [0, 0.05) is 5.69 Å². The van der Waals surface area contributed by atoms with Gasteiger partial charge in [-0.3, -0.25) is 4.79 Å². The number of aliphatic carboxylic acids is 1. The van der Waals surface area contributed by atoms with Gasteiger partial charge in [0.15, 0.2) is 0 Å². The molecule has 1 atom stereocenters. The molecule has 0 heterocycles. The third kappa shape index (κ3) is 3.43. The quantitative estimate of drug-likeness (QED) is 0.663. The highest BCUT2D eigenvalue weighted by Crippen LogP contribution is 2.12. The Bertz CT molecular complexity index is 496. The maximum Gasteiger partial charge on any atom is 0.321 e. The smallest absolute Gasteiger partial charge is 0.321 e. The number of carboxylic acid groups (broad SMARTS) is 1. The van der Waals surface area contributed by atoms with E-state index < -0.39 is 22.0 Å². The lowest BCUT2D eigenvalue weighted by Crippen LogP contribution is -2.40. The molecule has 94 valence electrons. The van der Waals surface area contributed by atoms with E-state index in [1.807, 2.05) is 0 Å². The standard InChI is InChI=1S/C10H14N2O4S/c1-2-9(10(13)14)12-17(15,16)8-5-3-7(11)4-6-8/h3-6,9,12H,2,11H2,1H3,(H,13,14). The van der Waals surface area contributed by atoms with Crippen molar-refractivity contribution in [3.63, 3.8) is 0 Å². The van der Waals surface area contributed by atoms with Gasteiger partial charge >= 0.3 is 5.97 Å². The molecule has 6 nitrogen and oxygen atoms in total. The van der Waals surface area contributed by atoms with Crippen molar-refractivity contribution >= 4 is 21.7 Å². The molecule has 0 aromatic heterocycles. The molecular weight excluding hydrogens is 244 g/mol. The fourth-order valence-corrected chi connectivity index (χ4v) is 2.48. The van der Waals surface area contributed by atoms with Gasteiger partial charge in [0.1, 0.15) is 6.04 Å². The van der Waals surface area contributed by atoms with E-state index in [1.165, 1.54) is 24.3 Å². The Morgan fingerprint density at radius 3 is 2.35 bits per heavy atom. The van der Waals surface area contributed by atoms with Crippen LogP contribution in [0.25, 0.3) is 0 Å². The fourth-order valence-electron chi connectivity index (χ4n) is 1.21. The summed E-state index contributed by atoms with van der Waals surface area (Å²) >= 11 is 0. The second-order valence-electron chi connectivity index (χ2n) is 3.49. The van der Waals surface area contributed by atoms with Crippen LogP contribution in [0.3, 0.4) is 0 Å². The zero-order valence-corrected chi connectivity index (χ0v) is 10.1. The summed E-state index contributed by atoms with van der Waals surface area (Å²) in [4.78, 5) is 10.7. The van der Waals surface area contributed by atoms with E-state index >= 15 is 0 Å². The van der Waals surface area contributed by atoms with Crippen molar-refractivity contribution < 1.29 is 18.3 Å². The first-order chi connectivity index (χ1) is 7.86. The number of anilines is 1. The summed E-state index contributed by atoms with van der Waals surface area (Å²) in [6.07, 6.45) is 0.170. The third-order valence-corrected chi connectivity index (χ3v) is 3.68. The van der Waals surface area contributed by atoms with Crippen LogP contribution in [0.5, 0.6) is 0 Å². The Kier molecular flexibility index (Phi) is 4.08. The summed E-state index contributed by atoms with van der Waals surface area (Å²) in [7, 11) is -3.82. The van der Waals surface area contributed by atoms with Gasteiger partial charge in [-0.2, -0.15) is 4.72 Å². The number of nitrogen functional groups attached to an aromatic ring is 1. The molecule has 0 aliphatic heterocycles. The lowest BCUT2D eigenvalue weighted by molar-refractivity contribution is -0.139. The number of benzene rings is 1. The van der Waals surface area contributed by atoms with Crippen molar-refractivity contribution in [2.24, 2.45) is 0 Å². The second-order valence-corrected chi connectivity index (χ2v) is 5.20. The van der Waals surface area contributed by atoms with Crippen LogP contribution in [0.1, 0.15) is 13.3 Å². The highest BCUT2D eigenvalue weighted by atomic mass is 32.2. The highest BCUT2D eigenvalue weighted by Gasteiger charge is 2.23. The van der Waals surface area contributed by atoms with E-state index in [4.69, 9.17) is 10.8 Å². The van der Waals surface area contributed by atoms with E-state index in [0.717, 1.165) is 0 Å². The normalized spacial score (nSPS) is 13.2. The number of carbonyl (C=O) groups is 1. The fraction of sp³-hybridized carbons (Fsp3) is 0.300. The van der Waals surface area contributed by atoms with Crippen LogP contribution < -0.4 is 10.5 Å². The van der Waals surface area contributed by atoms with E-state index in [0.29, 0.717) is 5.69 Å². The lowest BCUT2D eigenvalue weighted by atomic mass is 10.2. The summed E-state index contributed by atoms with van der Waals surface area (Å²) < 4.78 is 25.7. The van der Waals surface area contributed by atoms with Crippen LogP contribution in [0.4, 0.5) is 5.69 Å². The number of sulfonamides is 1. The van der Waals surface area contributed by atoms with E-state index in [9.17, 15) is 13.2 Å². The number of nitrogens with one attached hydrogen (secondary N) is 1. The van der Waals surface area contributed by atoms with Gasteiger partial charge in [0.25, 0.3) is 0 Å². The number of hydrogen-bond donors (Lipinski definition) is 3. The van der Waals surface area contributed by atoms with Crippen molar-refractivity contribution in [2.45, 2.75) is 24.3 Å². The molecule has 0 radical (unpaired) electrons. The molecule has 0 amide bonds. The summed E-state index contributed by atoms with van der Waals surface area (Å²) in [6.45, 7) is 1.59. The van der Waals surface area contributed by atoms with E-state index in [1.54, 1.807) is 6.92 Å². The molecule has 0 saturated carbocycles. The molecule has 1 unspecified atom stereocenters. The van der Waals surface area contributed by atoms with Gasteiger partial charge in [-0.25, -0.2) is 8.42 Å². The zero-order chi connectivity index (χ0) is 13.1. The number of nitrogens with two attached hydrogens (primary N) is 1. The first-order valence-electron chi connectivity index (χ1n) is 4.97. The molecule has 1 aromatic carbocycles. The summed E-state index contributed by atoms with van der Waals surface area (Å²) in [5, 5.41) is 8.78. The van der Waals surface area contributed by atoms with Gasteiger partial charge < -0.3 is 10.8 Å². The second kappa shape index (κ2) is 5.15. The molecule has 0 spiro atoms. The van der Waals surface area contributed by atoms with Crippen molar-refractivity contribution in [3.8, 4) is 0 Å². The maximum absolute atomic E-state index is 11.8. The Labute approximate surface area is 99.5 Å². The van der Waals surface area contributed by atoms with Gasteiger partial charge in [-0.15, -0.1) is 0 Å². The molecular formula is C10H14N2O4S. The van der Waals surface area contributed by atoms with Crippen LogP contribution in [0.15, 0.2) is 29.2 Å². The molecule has 7 heteroatoms. The number of hydrogen-bond acceptors (Lipinski definition) is 4. The van der Waals surface area contributed by atoms with Crippen LogP contribution in [0, 0.1) is 0 Å². The predicted molar refractivity (Wildman–Crippen MR) is 62.9 cm³/mol. The van der Waals surface area contributed by atoms with Gasteiger partial charge in [-0.1, -0.05) is 6.92 Å². The zero-order valence-electron chi connectivity index (χ0n) is 9.25. The topological polar surface area (TPSA) is 109 Å². The highest BCUT2D eigenvalue weighted by molar-refractivity contribution is 7.89. The molecule has 0 bridgehead atoms. The summed E-state index contributed by atoms with van der Waals surface area (Å²) in [6, 6.07) is 4.41. The van der Waals surface area contributed by atoms with E-state index in [-0.39, 0.29) is 11.3 Å². The molecule has 1 rings (SSSR count). The van der Waals surface area contributed by atoms with Crippen molar-refractivity contribution in [1.29, 1.82) is 0 Å². The predicted octanol–water partition coefficient (Wildman–Crippen LogP) is 0.410. The van der Waals surface area contributed by atoms with Gasteiger partial charge in [0.2, 0.25) is 10.0 Å². The Balaban J connectivity index is 2.96. The Hall–Kier alpha value is -1.60. The Morgan fingerprint density at radius 2 is 1.94 bits per heavy atom. The number of carboxylic acids is 1. The Morgan fingerprint density at radius 1 is 1.41 bits per heavy atom. The molecule has 0 aliphatic rings. The molecule has 17 heavy (non-hydrogen) atoms. The molecule has 0 fully saturated rings. The van der Waals surface area contributed by atoms with E-state index in [2.05, 4.69) is 4.72 Å². The molecule has 0 aliphatic carbocycles. The average Bonchev–Trinajstić information content (AvgIpc) is 2.26. The van der Waals surface area contributed by atoms with Gasteiger partial charge in [0.05, 0.1) is 4.90 Å². The van der Waals surface area contributed by atoms with Crippen LogP contribution in [0.2, 0.25) is 0 Å². The minimum atomic E-state index is -3.82. The maximum atomic E-state index is 11.8. The van der Waals surface area contributed by atoms with Crippen LogP contribution in [-0.4, -0.2) is 25.5 Å². The van der Waals surface area contributed by atoms with Gasteiger partial charge in [-0.05, 0) is 30.7 Å². The summed E-state index contributed by atoms with van der Waals surface area (Å²) in [5.74, 6) is -1.20. The van der Waals surface area contributed by atoms with Crippen LogP contribution in [-0.2, 0) is 14.8 Å². The largest absolute Gasteiger partial charge is 0.480 e. The summed E-state index contributed by atoms with van der Waals surface area (Å²) in [5.41, 5.74) is 5.88. The SMILES string of the molecule is CCC(NS(=O)(=O)c1ccc(N)cc1)C(=O)O. The van der Waals surface area contributed by atoms with Crippen molar-refractivity contribution in [2.75, 3.05) is 5.73 Å². The van der Waals surface area contributed by atoms with Crippen LogP contribution >= 0.6 is 0 Å². The molecule has 0 saturated heterocycles. The third-order valence-electron chi connectivity index (χ3n) is 2.19. The molecule has 4 N–H and O–H groups in total. The van der Waals surface area contributed by atoms with Crippen molar-refractivity contribution in [1.82, 2.24) is 4.72 Å². The first-order valence-corrected chi connectivity index (χ1v) is 6.46. The monoisotopic (exact) mass is 258 g/mol. The van der Waals surface area contributed by atoms with Crippen molar-refractivity contribution in [3.05, 3.63) is 24.3 Å². The lowest BCUT2D eigenvalue weighted by Gasteiger charge is -2.12. The molecule has 1 aromatic rings. The average molecular weight is 258 g/mol. The first kappa shape index (κ1) is 13.5. The minimum Gasteiger partial charge on any atom is -0.480 e. The number of rotatable bonds is 5.